The number of rotatable bonds is 5. The summed E-state index contributed by atoms with van der Waals surface area (Å²) in [5.41, 5.74) is 0. The van der Waals surface area contributed by atoms with Crippen LogP contribution in [-0.4, -0.2) is 12.8 Å². The zero-order valence-corrected chi connectivity index (χ0v) is 7.04. The Balaban J connectivity index is 2.53. The average Bonchev–Trinajstić information content (AvgIpc) is 1.81. The van der Waals surface area contributed by atoms with Crippen LogP contribution < -0.4 is 0 Å². The molecule has 0 aromatic heterocycles. The minimum atomic E-state index is 1.17. The van der Waals surface area contributed by atoms with Gasteiger partial charge in [-0.05, 0) is 19.2 Å². The largest absolute Gasteiger partial charge is 0.125 e. The van der Waals surface area contributed by atoms with Gasteiger partial charge in [0.1, 0.15) is 0 Å². The molecule has 0 aliphatic carbocycles. The monoisotopic (exact) mass is 132 g/mol. The Kier molecular flexibility index (Phi) is 7.83. The van der Waals surface area contributed by atoms with Gasteiger partial charge in [-0.2, -0.15) is 0 Å². The fourth-order valence-corrected chi connectivity index (χ4v) is 1.33. The Morgan fingerprint density at radius 1 is 1.12 bits per heavy atom. The molecule has 0 rings (SSSR count). The maximum Gasteiger partial charge on any atom is -0.0356 e. The van der Waals surface area contributed by atoms with Crippen LogP contribution in [0, 0.1) is 0 Å². The molecule has 1 atom stereocenters. The summed E-state index contributed by atoms with van der Waals surface area (Å²) in [4.78, 5) is 0. The maximum atomic E-state index is 2.28. The van der Waals surface area contributed by atoms with Crippen LogP contribution in [0.5, 0.6) is 0 Å². The first kappa shape index (κ1) is 8.43. The van der Waals surface area contributed by atoms with Crippen molar-refractivity contribution in [2.75, 3.05) is 12.8 Å². The molecule has 0 aliphatic heterocycles. The molecule has 0 amide bonds. The van der Waals surface area contributed by atoms with Crippen molar-refractivity contribution in [1.29, 1.82) is 0 Å². The minimum Gasteiger partial charge on any atom is -0.125 e. The van der Waals surface area contributed by atoms with E-state index in [9.17, 15) is 0 Å². The molecule has 0 nitrogen and oxygen atoms in total. The van der Waals surface area contributed by atoms with Crippen LogP contribution in [0.15, 0.2) is 0 Å². The highest BCUT2D eigenvalue weighted by Crippen LogP contribution is 2.08. The third-order valence-corrected chi connectivity index (χ3v) is 2.13. The summed E-state index contributed by atoms with van der Waals surface area (Å²) in [6.07, 6.45) is 7.18. The molecule has 0 saturated carbocycles. The lowest BCUT2D eigenvalue weighted by Gasteiger charge is -1.94. The molecule has 0 aliphatic rings. The van der Waals surface area contributed by atoms with Crippen molar-refractivity contribution in [3.8, 4) is 0 Å². The van der Waals surface area contributed by atoms with Crippen LogP contribution in [0.4, 0.5) is 0 Å². The van der Waals surface area contributed by atoms with E-state index in [0.29, 0.717) is 0 Å². The second kappa shape index (κ2) is 7.43. The highest BCUT2D eigenvalue weighted by molar-refractivity contribution is 7.36. The predicted octanol–water partition coefficient (Wildman–Crippen LogP) is 2.88. The van der Waals surface area contributed by atoms with Crippen molar-refractivity contribution in [3.63, 3.8) is 0 Å². The van der Waals surface area contributed by atoms with Crippen LogP contribution in [0.25, 0.3) is 0 Å². The first-order valence-electron chi connectivity index (χ1n) is 3.56. The number of hydrogen-bond acceptors (Lipinski definition) is 0. The van der Waals surface area contributed by atoms with Crippen molar-refractivity contribution >= 4 is 8.58 Å². The molecule has 0 aromatic rings. The fraction of sp³-hybridized carbons (Fsp3) is 1.00. The summed E-state index contributed by atoms with van der Waals surface area (Å²) in [5, 5.41) is 0. The van der Waals surface area contributed by atoms with E-state index >= 15 is 0 Å². The molecule has 0 spiro atoms. The molecule has 0 fully saturated rings. The standard InChI is InChI=1S/C7H17P/c1-3-4-5-6-7-8-2/h8H,3-7H2,1-2H3. The lowest BCUT2D eigenvalue weighted by molar-refractivity contribution is 0.706. The number of hydrogen-bond donors (Lipinski definition) is 0. The van der Waals surface area contributed by atoms with Gasteiger partial charge in [0.2, 0.25) is 0 Å². The van der Waals surface area contributed by atoms with E-state index in [2.05, 4.69) is 13.6 Å². The summed E-state index contributed by atoms with van der Waals surface area (Å²) >= 11 is 0. The summed E-state index contributed by atoms with van der Waals surface area (Å²) in [6, 6.07) is 0. The highest BCUT2D eigenvalue weighted by atomic mass is 31.1. The van der Waals surface area contributed by atoms with Gasteiger partial charge >= 0.3 is 0 Å². The lowest BCUT2D eigenvalue weighted by atomic mass is 10.2. The summed E-state index contributed by atoms with van der Waals surface area (Å²) in [6.45, 7) is 4.54. The van der Waals surface area contributed by atoms with Gasteiger partial charge in [-0.3, -0.25) is 0 Å². The molecule has 0 radical (unpaired) electrons. The third kappa shape index (κ3) is 6.43. The van der Waals surface area contributed by atoms with Gasteiger partial charge in [-0.25, -0.2) is 0 Å². The van der Waals surface area contributed by atoms with Gasteiger partial charge in [0.25, 0.3) is 0 Å². The molecule has 0 bridgehead atoms. The van der Waals surface area contributed by atoms with Crippen LogP contribution in [0.2, 0.25) is 0 Å². The molecule has 1 heteroatoms. The molecule has 0 heterocycles. The first-order valence-corrected chi connectivity index (χ1v) is 5.27. The Morgan fingerprint density at radius 2 is 1.88 bits per heavy atom. The lowest BCUT2D eigenvalue weighted by Crippen LogP contribution is -1.76. The molecular formula is C7H17P. The summed E-state index contributed by atoms with van der Waals surface area (Å²) in [7, 11) is 1.17. The van der Waals surface area contributed by atoms with Crippen LogP contribution in [0.1, 0.15) is 32.6 Å². The Morgan fingerprint density at radius 3 is 2.38 bits per heavy atom. The Hall–Kier alpha value is 0.430. The van der Waals surface area contributed by atoms with Crippen molar-refractivity contribution in [3.05, 3.63) is 0 Å². The SMILES string of the molecule is CCCCCCPC. The number of unbranched alkanes of at least 4 members (excludes halogenated alkanes) is 3. The second-order valence-electron chi connectivity index (χ2n) is 2.16. The smallest absolute Gasteiger partial charge is 0.0356 e. The van der Waals surface area contributed by atoms with Crippen molar-refractivity contribution in [2.45, 2.75) is 32.6 Å². The van der Waals surface area contributed by atoms with Crippen molar-refractivity contribution in [2.24, 2.45) is 0 Å². The third-order valence-electron chi connectivity index (χ3n) is 1.28. The van der Waals surface area contributed by atoms with E-state index in [-0.39, 0.29) is 0 Å². The zero-order valence-electron chi connectivity index (χ0n) is 6.04. The van der Waals surface area contributed by atoms with E-state index in [0.717, 1.165) is 0 Å². The molecule has 0 N–H and O–H groups in total. The molecule has 1 unspecified atom stereocenters. The topological polar surface area (TPSA) is 0 Å². The average molecular weight is 132 g/mol. The van der Waals surface area contributed by atoms with Crippen LogP contribution in [0.3, 0.4) is 0 Å². The van der Waals surface area contributed by atoms with Gasteiger partial charge in [-0.15, -0.1) is 8.58 Å². The Bertz CT molecular complexity index is 29.4. The Labute approximate surface area is 54.8 Å². The zero-order chi connectivity index (χ0) is 6.24. The molecule has 50 valence electrons. The summed E-state index contributed by atoms with van der Waals surface area (Å²) in [5.74, 6) is 0. The van der Waals surface area contributed by atoms with Gasteiger partial charge in [0, 0.05) is 0 Å². The van der Waals surface area contributed by atoms with E-state index in [1.807, 2.05) is 0 Å². The van der Waals surface area contributed by atoms with Gasteiger partial charge in [-0.1, -0.05) is 26.2 Å². The molecule has 0 saturated heterocycles. The van der Waals surface area contributed by atoms with Crippen molar-refractivity contribution in [1.82, 2.24) is 0 Å². The van der Waals surface area contributed by atoms with E-state index < -0.39 is 0 Å². The molecular weight excluding hydrogens is 115 g/mol. The van der Waals surface area contributed by atoms with E-state index in [1.165, 1.54) is 40.4 Å². The fourth-order valence-electron chi connectivity index (χ4n) is 0.729. The second-order valence-corrected chi connectivity index (χ2v) is 3.37. The highest BCUT2D eigenvalue weighted by Gasteiger charge is 1.83. The van der Waals surface area contributed by atoms with E-state index in [1.54, 1.807) is 0 Å². The van der Waals surface area contributed by atoms with Gasteiger partial charge in [0.15, 0.2) is 0 Å². The predicted molar refractivity (Wildman–Crippen MR) is 43.2 cm³/mol. The minimum absolute atomic E-state index is 1.17. The van der Waals surface area contributed by atoms with Gasteiger partial charge in [0.05, 0.1) is 0 Å². The first-order chi connectivity index (χ1) is 3.91. The normalized spacial score (nSPS) is 11.2. The molecule has 8 heavy (non-hydrogen) atoms. The van der Waals surface area contributed by atoms with E-state index in [4.69, 9.17) is 0 Å². The van der Waals surface area contributed by atoms with Crippen LogP contribution in [-0.2, 0) is 0 Å². The molecule has 0 aromatic carbocycles. The summed E-state index contributed by atoms with van der Waals surface area (Å²) < 4.78 is 0. The van der Waals surface area contributed by atoms with Crippen LogP contribution >= 0.6 is 8.58 Å². The maximum absolute atomic E-state index is 2.28. The quantitative estimate of drug-likeness (QED) is 0.398. The van der Waals surface area contributed by atoms with Crippen molar-refractivity contribution < 1.29 is 0 Å². The van der Waals surface area contributed by atoms with Gasteiger partial charge < -0.3 is 0 Å².